The third-order valence-electron chi connectivity index (χ3n) is 2.49. The summed E-state index contributed by atoms with van der Waals surface area (Å²) in [6, 6.07) is 0. The molecule has 0 amide bonds. The normalized spacial score (nSPS) is 13.8. The van der Waals surface area contributed by atoms with Gasteiger partial charge in [-0.15, -0.1) is 0 Å². The molecule has 0 fully saturated rings. The number of benzene rings is 1. The molecule has 5 nitrogen and oxygen atoms in total. The number of aliphatic hydroxyl groups is 2. The molecule has 1 aromatic carbocycles. The Balaban J connectivity index is 3.16. The second-order valence-corrected chi connectivity index (χ2v) is 3.74. The SMILES string of the molecule is [N-]=[N+]=NCCC(O)C(O)c1c(F)c(F)c(F)c(F)c1F. The number of azide groups is 1. The zero-order valence-electron chi connectivity index (χ0n) is 9.69. The maximum absolute atomic E-state index is 13.3. The molecule has 0 saturated carbocycles. The van der Waals surface area contributed by atoms with E-state index in [1.165, 1.54) is 0 Å². The molecule has 0 radical (unpaired) electrons. The smallest absolute Gasteiger partial charge is 0.200 e. The van der Waals surface area contributed by atoms with Gasteiger partial charge in [0.2, 0.25) is 5.82 Å². The highest BCUT2D eigenvalue weighted by Gasteiger charge is 2.32. The van der Waals surface area contributed by atoms with Gasteiger partial charge in [0.15, 0.2) is 23.3 Å². The van der Waals surface area contributed by atoms with E-state index in [1.807, 2.05) is 0 Å². The van der Waals surface area contributed by atoms with Crippen molar-refractivity contribution in [1.82, 2.24) is 0 Å². The summed E-state index contributed by atoms with van der Waals surface area (Å²) in [4.78, 5) is 2.33. The number of hydrogen-bond donors (Lipinski definition) is 2. The first-order chi connectivity index (χ1) is 9.32. The van der Waals surface area contributed by atoms with Gasteiger partial charge in [-0.25, -0.2) is 22.0 Å². The lowest BCUT2D eigenvalue weighted by Crippen LogP contribution is -2.23. The molecule has 0 heterocycles. The van der Waals surface area contributed by atoms with E-state index in [9.17, 15) is 32.2 Å². The molecule has 0 aromatic heterocycles. The highest BCUT2D eigenvalue weighted by Crippen LogP contribution is 2.30. The van der Waals surface area contributed by atoms with Gasteiger partial charge in [0.1, 0.15) is 6.10 Å². The van der Waals surface area contributed by atoms with Gasteiger partial charge in [0.05, 0.1) is 11.7 Å². The minimum atomic E-state index is -2.36. The summed E-state index contributed by atoms with van der Waals surface area (Å²) in [6.07, 6.45) is -4.65. The summed E-state index contributed by atoms with van der Waals surface area (Å²) in [5.74, 6) is -11.3. The van der Waals surface area contributed by atoms with Gasteiger partial charge in [0, 0.05) is 11.5 Å². The third-order valence-corrected chi connectivity index (χ3v) is 2.49. The lowest BCUT2D eigenvalue weighted by atomic mass is 10.00. The molecule has 0 aliphatic carbocycles. The molecule has 20 heavy (non-hydrogen) atoms. The minimum absolute atomic E-state index is 0.329. The molecular weight excluding hydrogens is 289 g/mol. The van der Waals surface area contributed by atoms with Crippen LogP contribution in [-0.4, -0.2) is 22.9 Å². The van der Waals surface area contributed by atoms with E-state index in [4.69, 9.17) is 5.53 Å². The van der Waals surface area contributed by atoms with E-state index in [-0.39, 0.29) is 6.54 Å². The van der Waals surface area contributed by atoms with Gasteiger partial charge in [0.25, 0.3) is 0 Å². The van der Waals surface area contributed by atoms with Crippen LogP contribution in [0.15, 0.2) is 5.11 Å². The summed E-state index contributed by atoms with van der Waals surface area (Å²) in [5.41, 5.74) is 6.45. The summed E-state index contributed by atoms with van der Waals surface area (Å²) in [7, 11) is 0. The molecule has 0 aliphatic rings. The predicted octanol–water partition coefficient (Wildman–Crippen LogP) is 2.48. The number of rotatable bonds is 5. The van der Waals surface area contributed by atoms with Crippen LogP contribution in [0.3, 0.4) is 0 Å². The van der Waals surface area contributed by atoms with E-state index in [0.29, 0.717) is 0 Å². The lowest BCUT2D eigenvalue weighted by molar-refractivity contribution is 0.00970. The Morgan fingerprint density at radius 1 is 0.950 bits per heavy atom. The Kier molecular flexibility index (Phi) is 5.26. The van der Waals surface area contributed by atoms with Gasteiger partial charge >= 0.3 is 0 Å². The van der Waals surface area contributed by atoms with Gasteiger partial charge in [-0.05, 0) is 12.0 Å². The Morgan fingerprint density at radius 3 is 1.85 bits per heavy atom. The zero-order valence-corrected chi connectivity index (χ0v) is 9.69. The van der Waals surface area contributed by atoms with Crippen molar-refractivity contribution < 1.29 is 32.2 Å². The Labute approximate surface area is 108 Å². The summed E-state index contributed by atoms with van der Waals surface area (Å²) in [5, 5.41) is 21.9. The average molecular weight is 297 g/mol. The molecule has 0 spiro atoms. The van der Waals surface area contributed by atoms with Crippen molar-refractivity contribution >= 4 is 0 Å². The van der Waals surface area contributed by atoms with Gasteiger partial charge < -0.3 is 10.2 Å². The van der Waals surface area contributed by atoms with E-state index in [1.54, 1.807) is 0 Å². The molecule has 1 aromatic rings. The third kappa shape index (κ3) is 2.98. The first kappa shape index (κ1) is 16.2. The van der Waals surface area contributed by atoms with E-state index in [0.717, 1.165) is 0 Å². The first-order valence-electron chi connectivity index (χ1n) is 5.21. The van der Waals surface area contributed by atoms with Crippen LogP contribution in [-0.2, 0) is 0 Å². The highest BCUT2D eigenvalue weighted by atomic mass is 19.2. The number of aliphatic hydroxyl groups excluding tert-OH is 2. The van der Waals surface area contributed by atoms with Gasteiger partial charge in [-0.3, -0.25) is 0 Å². The molecule has 2 N–H and O–H groups in total. The number of halogens is 5. The van der Waals surface area contributed by atoms with Crippen LogP contribution in [0.25, 0.3) is 10.4 Å². The van der Waals surface area contributed by atoms with Crippen molar-refractivity contribution in [2.24, 2.45) is 5.11 Å². The monoisotopic (exact) mass is 297 g/mol. The zero-order chi connectivity index (χ0) is 15.4. The van der Waals surface area contributed by atoms with Gasteiger partial charge in [-0.1, -0.05) is 5.11 Å². The van der Waals surface area contributed by atoms with Crippen molar-refractivity contribution in [3.8, 4) is 0 Å². The molecule has 0 aliphatic heterocycles. The van der Waals surface area contributed by atoms with Crippen molar-refractivity contribution in [1.29, 1.82) is 0 Å². The van der Waals surface area contributed by atoms with E-state index < -0.39 is 53.3 Å². The minimum Gasteiger partial charge on any atom is -0.390 e. The second kappa shape index (κ2) is 6.51. The topological polar surface area (TPSA) is 89.2 Å². The Hall–Kier alpha value is -1.90. The van der Waals surface area contributed by atoms with Crippen molar-refractivity contribution in [3.05, 3.63) is 45.1 Å². The van der Waals surface area contributed by atoms with Crippen LogP contribution in [0.2, 0.25) is 0 Å². The first-order valence-corrected chi connectivity index (χ1v) is 5.21. The van der Waals surface area contributed by atoms with E-state index >= 15 is 0 Å². The largest absolute Gasteiger partial charge is 0.390 e. The van der Waals surface area contributed by atoms with Gasteiger partial charge in [-0.2, -0.15) is 0 Å². The fourth-order valence-electron chi connectivity index (χ4n) is 1.47. The van der Waals surface area contributed by atoms with Crippen molar-refractivity contribution in [3.63, 3.8) is 0 Å². The average Bonchev–Trinajstić information content (AvgIpc) is 2.43. The summed E-state index contributed by atoms with van der Waals surface area (Å²) in [6.45, 7) is -0.329. The quantitative estimate of drug-likeness (QED) is 0.218. The van der Waals surface area contributed by atoms with Crippen LogP contribution in [0.4, 0.5) is 22.0 Å². The highest BCUT2D eigenvalue weighted by molar-refractivity contribution is 5.26. The van der Waals surface area contributed by atoms with Crippen molar-refractivity contribution in [2.45, 2.75) is 18.6 Å². The molecular formula is C10H8F5N3O2. The maximum atomic E-state index is 13.3. The molecule has 10 heteroatoms. The lowest BCUT2D eigenvalue weighted by Gasteiger charge is -2.19. The molecule has 110 valence electrons. The predicted molar refractivity (Wildman–Crippen MR) is 55.8 cm³/mol. The van der Waals surface area contributed by atoms with Crippen LogP contribution in [0, 0.1) is 29.1 Å². The maximum Gasteiger partial charge on any atom is 0.200 e. The van der Waals surface area contributed by atoms with Crippen LogP contribution in [0.5, 0.6) is 0 Å². The molecule has 2 atom stereocenters. The Morgan fingerprint density at radius 2 is 1.40 bits per heavy atom. The molecule has 0 bridgehead atoms. The second-order valence-electron chi connectivity index (χ2n) is 3.74. The van der Waals surface area contributed by atoms with Crippen LogP contribution >= 0.6 is 0 Å². The number of hydrogen-bond acceptors (Lipinski definition) is 3. The fraction of sp³-hybridized carbons (Fsp3) is 0.400. The fourth-order valence-corrected chi connectivity index (χ4v) is 1.47. The summed E-state index contributed by atoms with van der Waals surface area (Å²) >= 11 is 0. The molecule has 2 unspecified atom stereocenters. The van der Waals surface area contributed by atoms with E-state index in [2.05, 4.69) is 10.0 Å². The standard InChI is InChI=1S/C10H8F5N3O2/c11-5-4(6(12)8(14)9(15)7(5)13)10(20)3(19)1-2-17-18-16/h3,10,19-20H,1-2H2. The Bertz CT molecular complexity index is 533. The van der Waals surface area contributed by atoms with Crippen LogP contribution < -0.4 is 0 Å². The van der Waals surface area contributed by atoms with Crippen molar-refractivity contribution in [2.75, 3.05) is 6.54 Å². The molecule has 0 saturated heterocycles. The van der Waals surface area contributed by atoms with Crippen LogP contribution in [0.1, 0.15) is 18.1 Å². The number of nitrogens with zero attached hydrogens (tertiary/aromatic N) is 3. The summed E-state index contributed by atoms with van der Waals surface area (Å²) < 4.78 is 65.3. The molecule has 1 rings (SSSR count).